The summed E-state index contributed by atoms with van der Waals surface area (Å²) in [6.45, 7) is 4.26. The number of anilines is 1. The van der Waals surface area contributed by atoms with E-state index in [2.05, 4.69) is 17.2 Å². The van der Waals surface area contributed by atoms with Crippen LogP contribution in [0.25, 0.3) is 5.73 Å². The minimum Gasteiger partial charge on any atom is -0.699 e. The number of hydroxylamine groups is 1. The summed E-state index contributed by atoms with van der Waals surface area (Å²) >= 11 is 5.79. The maximum atomic E-state index is 8.57. The summed E-state index contributed by atoms with van der Waals surface area (Å²) in [7, 11) is 1.68. The molecule has 0 saturated heterocycles. The van der Waals surface area contributed by atoms with Crippen molar-refractivity contribution < 1.29 is 42.8 Å². The fourth-order valence-corrected chi connectivity index (χ4v) is 2.78. The van der Waals surface area contributed by atoms with Crippen molar-refractivity contribution in [3.8, 4) is 5.75 Å². The molecule has 1 aliphatic carbocycles. The van der Waals surface area contributed by atoms with Crippen LogP contribution in [-0.4, -0.2) is 17.1 Å². The molecule has 1 radical (unpaired) electrons. The second-order valence-corrected chi connectivity index (χ2v) is 6.98. The first-order chi connectivity index (χ1) is 13.0. The summed E-state index contributed by atoms with van der Waals surface area (Å²) in [5, 5.41) is 9.10. The van der Waals surface area contributed by atoms with E-state index in [9.17, 15) is 0 Å². The van der Waals surface area contributed by atoms with Gasteiger partial charge in [0.1, 0.15) is 5.02 Å². The third-order valence-electron chi connectivity index (χ3n) is 4.25. The van der Waals surface area contributed by atoms with Crippen LogP contribution in [0.5, 0.6) is 5.75 Å². The van der Waals surface area contributed by atoms with E-state index in [4.69, 9.17) is 22.5 Å². The number of nitrogens with one attached hydrogen (secondary N) is 3. The molecule has 0 atom stereocenters. The molecule has 0 heterocycles. The summed E-state index contributed by atoms with van der Waals surface area (Å²) < 4.78 is 0. The largest absolute Gasteiger partial charge is 0.699 e. The predicted molar refractivity (Wildman–Crippen MR) is 115 cm³/mol. The quantitative estimate of drug-likeness (QED) is 0.324. The Bertz CT molecular complexity index is 653. The van der Waals surface area contributed by atoms with Gasteiger partial charge in [-0.3, -0.25) is 10.7 Å². The second-order valence-electron chi connectivity index (χ2n) is 6.57. The van der Waals surface area contributed by atoms with Crippen LogP contribution in [-0.2, 0) is 32.7 Å². The van der Waals surface area contributed by atoms with Gasteiger partial charge in [-0.25, -0.2) is 0 Å². The third-order valence-corrected chi connectivity index (χ3v) is 4.57. The normalized spacial score (nSPS) is 12.2. The van der Waals surface area contributed by atoms with Gasteiger partial charge in [-0.1, -0.05) is 85.9 Å². The van der Waals surface area contributed by atoms with Crippen molar-refractivity contribution in [2.24, 2.45) is 5.92 Å². The first-order valence-corrected chi connectivity index (χ1v) is 9.73. The molecular formula is C21H32ClN3O2Y. The molecule has 3 rings (SSSR count). The van der Waals surface area contributed by atoms with Gasteiger partial charge in [0.25, 0.3) is 0 Å². The van der Waals surface area contributed by atoms with Gasteiger partial charge in [-0.2, -0.15) is 0 Å². The van der Waals surface area contributed by atoms with Crippen molar-refractivity contribution >= 4 is 23.0 Å². The van der Waals surface area contributed by atoms with Gasteiger partial charge in [-0.15, -0.1) is 5.69 Å². The van der Waals surface area contributed by atoms with E-state index >= 15 is 0 Å². The molecule has 0 aliphatic heterocycles. The van der Waals surface area contributed by atoms with Gasteiger partial charge in [0.15, 0.2) is 0 Å². The summed E-state index contributed by atoms with van der Waals surface area (Å²) in [4.78, 5) is 3.88. The van der Waals surface area contributed by atoms with Crippen LogP contribution in [0.4, 0.5) is 11.4 Å². The van der Waals surface area contributed by atoms with Crippen LogP contribution < -0.4 is 11.0 Å². The van der Waals surface area contributed by atoms with Gasteiger partial charge in [0.05, 0.1) is 18.8 Å². The van der Waals surface area contributed by atoms with Crippen LogP contribution in [0.15, 0.2) is 42.5 Å². The van der Waals surface area contributed by atoms with Gasteiger partial charge in [0, 0.05) is 32.7 Å². The zero-order chi connectivity index (χ0) is 20.1. The fourth-order valence-electron chi connectivity index (χ4n) is 2.62. The van der Waals surface area contributed by atoms with E-state index in [-0.39, 0.29) is 32.7 Å². The van der Waals surface area contributed by atoms with E-state index in [1.807, 2.05) is 30.6 Å². The third kappa shape index (κ3) is 11.2. The van der Waals surface area contributed by atoms with Crippen LogP contribution in [0.2, 0.25) is 5.02 Å². The maximum absolute atomic E-state index is 8.57. The fraction of sp³-hybridized carbons (Fsp3) is 0.429. The van der Waals surface area contributed by atoms with Crippen molar-refractivity contribution in [1.29, 1.82) is 0 Å². The zero-order valence-electron chi connectivity index (χ0n) is 17.0. The van der Waals surface area contributed by atoms with Gasteiger partial charge >= 0.3 is 5.75 Å². The molecule has 1 fully saturated rings. The minimum atomic E-state index is 0. The van der Waals surface area contributed by atoms with E-state index < -0.39 is 0 Å². The molecule has 153 valence electrons. The average molecular weight is 483 g/mol. The molecule has 0 aromatic heterocycles. The molecule has 1 saturated carbocycles. The Balaban J connectivity index is 0.000000400. The van der Waals surface area contributed by atoms with E-state index in [0.29, 0.717) is 22.1 Å². The van der Waals surface area contributed by atoms with Crippen molar-refractivity contribution in [2.45, 2.75) is 46.0 Å². The monoisotopic (exact) mass is 482 g/mol. The van der Waals surface area contributed by atoms with Crippen molar-refractivity contribution in [3.63, 3.8) is 0 Å². The Labute approximate surface area is 199 Å². The zero-order valence-corrected chi connectivity index (χ0v) is 20.6. The standard InChI is InChI=1S/C7H9ClN2O2.C7H8N.C7H14.Y/c1-9-12-7-4-5(10-11)2-3-6(7)8;1-6-3-2-4-7(8)5-6;1-2-4-7-5-3-6-7;/h2-4,9-11H,1H3;2-5,8H,1H3;7H,2-6H2,1H3;/q;-1;;/p+1. The first-order valence-electron chi connectivity index (χ1n) is 9.35. The topological polar surface area (TPSA) is 80.9 Å². The number of aryl methyl sites for hydroxylation is 1. The molecule has 0 unspecified atom stereocenters. The van der Waals surface area contributed by atoms with E-state index in [0.717, 1.165) is 11.5 Å². The van der Waals surface area contributed by atoms with Crippen molar-refractivity contribution in [1.82, 2.24) is 5.48 Å². The number of hydrogen-bond donors (Lipinski definition) is 3. The Kier molecular flexibility index (Phi) is 15.5. The van der Waals surface area contributed by atoms with Crippen LogP contribution >= 0.6 is 11.6 Å². The molecule has 2 aromatic carbocycles. The number of hydrogen-bond acceptors (Lipinski definition) is 3. The molecule has 5 nitrogen and oxygen atoms in total. The summed E-state index contributed by atoms with van der Waals surface area (Å²) in [5.74, 6) is 1.71. The van der Waals surface area contributed by atoms with Crippen LogP contribution in [0, 0.1) is 12.8 Å². The average Bonchev–Trinajstić information content (AvgIpc) is 2.61. The maximum Gasteiger partial charge on any atom is 0.301 e. The summed E-state index contributed by atoms with van der Waals surface area (Å²) in [6, 6.07) is 12.4. The summed E-state index contributed by atoms with van der Waals surface area (Å²) in [5.41, 5.74) is 14.0. The Morgan fingerprint density at radius 3 is 2.32 bits per heavy atom. The Morgan fingerprint density at radius 2 is 1.93 bits per heavy atom. The molecule has 0 spiro atoms. The molecule has 28 heavy (non-hydrogen) atoms. The molecular weight excluding hydrogens is 451 g/mol. The molecule has 1 aliphatic rings. The Morgan fingerprint density at radius 1 is 1.21 bits per heavy atom. The van der Waals surface area contributed by atoms with Crippen LogP contribution in [0.3, 0.4) is 0 Å². The van der Waals surface area contributed by atoms with Crippen LogP contribution in [0.1, 0.15) is 44.6 Å². The predicted octanol–water partition coefficient (Wildman–Crippen LogP) is 6.78. The first kappa shape index (κ1) is 27.2. The number of benzene rings is 2. The molecule has 0 amide bonds. The summed E-state index contributed by atoms with van der Waals surface area (Å²) in [6.07, 6.45) is 7.43. The van der Waals surface area contributed by atoms with E-state index in [1.165, 1.54) is 32.1 Å². The van der Waals surface area contributed by atoms with Crippen molar-refractivity contribution in [2.75, 3.05) is 12.5 Å². The van der Waals surface area contributed by atoms with Gasteiger partial charge in [0.2, 0.25) is 0 Å². The Hall–Kier alpha value is -0.846. The van der Waals surface area contributed by atoms with Crippen molar-refractivity contribution in [3.05, 3.63) is 58.8 Å². The second kappa shape index (κ2) is 16.0. The molecule has 5 N–H and O–H groups in total. The van der Waals surface area contributed by atoms with E-state index in [1.54, 1.807) is 31.3 Å². The smallest absolute Gasteiger partial charge is 0.301 e. The number of halogens is 1. The SMILES string of the molecule is CCCC1CCC1.CN[OH+]c1cc(NO)ccc1Cl.Cc1cccc([NH-])c1.[Y]. The molecule has 7 heteroatoms. The number of rotatable bonds is 5. The molecule has 2 aromatic rings. The minimum absolute atomic E-state index is 0. The van der Waals surface area contributed by atoms with Gasteiger partial charge < -0.3 is 10.6 Å². The number of aromatic hydroxyl groups is 1. The molecule has 0 bridgehead atoms. The van der Waals surface area contributed by atoms with Gasteiger partial charge in [-0.05, 0) is 25.0 Å².